The van der Waals surface area contributed by atoms with Crippen molar-refractivity contribution >= 4 is 39.4 Å². The third-order valence-corrected chi connectivity index (χ3v) is 6.88. The molecule has 178 valence electrons. The van der Waals surface area contributed by atoms with E-state index in [1.165, 1.54) is 44.7 Å². The fraction of sp³-hybridized carbons (Fsp3) is 0.167. The zero-order valence-electron chi connectivity index (χ0n) is 18.9. The predicted molar refractivity (Wildman–Crippen MR) is 132 cm³/mol. The highest BCUT2D eigenvalue weighted by Crippen LogP contribution is 2.25. The lowest BCUT2D eigenvalue weighted by Crippen LogP contribution is -2.39. The van der Waals surface area contributed by atoms with Gasteiger partial charge in [0.15, 0.2) is 0 Å². The van der Waals surface area contributed by atoms with E-state index in [1.54, 1.807) is 42.5 Å². The SMILES string of the molecule is COc1ccc(OC)c(/C=N\NC(=O)CN(c2ccc(C)cc2)S(=O)(=O)c2ccc(Cl)cc2)c1. The van der Waals surface area contributed by atoms with Crippen LogP contribution in [0.25, 0.3) is 0 Å². The number of methoxy groups -OCH3 is 2. The quantitative estimate of drug-likeness (QED) is 0.353. The number of hydrogen-bond donors (Lipinski definition) is 1. The summed E-state index contributed by atoms with van der Waals surface area (Å²) in [5, 5.41) is 4.36. The second kappa shape index (κ2) is 11.0. The molecule has 3 aromatic rings. The van der Waals surface area contributed by atoms with Gasteiger partial charge in [-0.05, 0) is 61.5 Å². The van der Waals surface area contributed by atoms with Crippen molar-refractivity contribution in [2.24, 2.45) is 5.10 Å². The van der Waals surface area contributed by atoms with E-state index < -0.39 is 22.5 Å². The van der Waals surface area contributed by atoms with Gasteiger partial charge in [0, 0.05) is 10.6 Å². The largest absolute Gasteiger partial charge is 0.497 e. The Morgan fingerprint density at radius 1 is 1.03 bits per heavy atom. The summed E-state index contributed by atoms with van der Waals surface area (Å²) in [4.78, 5) is 12.7. The highest BCUT2D eigenvalue weighted by Gasteiger charge is 2.27. The molecule has 3 rings (SSSR count). The topological polar surface area (TPSA) is 97.3 Å². The molecule has 0 bridgehead atoms. The molecule has 34 heavy (non-hydrogen) atoms. The Balaban J connectivity index is 1.84. The lowest BCUT2D eigenvalue weighted by molar-refractivity contribution is -0.119. The zero-order chi connectivity index (χ0) is 24.7. The molecule has 0 radical (unpaired) electrons. The van der Waals surface area contributed by atoms with Gasteiger partial charge in [-0.2, -0.15) is 5.10 Å². The molecule has 1 N–H and O–H groups in total. The van der Waals surface area contributed by atoms with Crippen LogP contribution in [0.3, 0.4) is 0 Å². The Morgan fingerprint density at radius 3 is 2.32 bits per heavy atom. The number of nitrogens with one attached hydrogen (secondary N) is 1. The molecule has 3 aromatic carbocycles. The van der Waals surface area contributed by atoms with E-state index >= 15 is 0 Å². The van der Waals surface area contributed by atoms with Crippen molar-refractivity contribution in [2.75, 3.05) is 25.1 Å². The summed E-state index contributed by atoms with van der Waals surface area (Å²) in [5.41, 5.74) is 4.24. The average molecular weight is 502 g/mol. The second-order valence-electron chi connectivity index (χ2n) is 7.20. The van der Waals surface area contributed by atoms with Crippen LogP contribution in [0.4, 0.5) is 5.69 Å². The number of amides is 1. The minimum atomic E-state index is -4.05. The maximum absolute atomic E-state index is 13.3. The van der Waals surface area contributed by atoms with Gasteiger partial charge < -0.3 is 9.47 Å². The van der Waals surface area contributed by atoms with Gasteiger partial charge in [0.2, 0.25) is 0 Å². The smallest absolute Gasteiger partial charge is 0.264 e. The Kier molecular flexibility index (Phi) is 8.14. The van der Waals surface area contributed by atoms with Gasteiger partial charge in [-0.1, -0.05) is 29.3 Å². The molecule has 0 aromatic heterocycles. The van der Waals surface area contributed by atoms with Crippen LogP contribution in [0, 0.1) is 6.92 Å². The van der Waals surface area contributed by atoms with Crippen LogP contribution in [0.15, 0.2) is 76.7 Å². The highest BCUT2D eigenvalue weighted by atomic mass is 35.5. The van der Waals surface area contributed by atoms with E-state index in [-0.39, 0.29) is 4.90 Å². The number of carbonyl (C=O) groups is 1. The van der Waals surface area contributed by atoms with E-state index in [0.717, 1.165) is 9.87 Å². The minimum absolute atomic E-state index is 0.00916. The van der Waals surface area contributed by atoms with E-state index in [9.17, 15) is 13.2 Å². The first-order chi connectivity index (χ1) is 16.2. The number of hydrogen-bond acceptors (Lipinski definition) is 6. The molecule has 0 saturated carbocycles. The van der Waals surface area contributed by atoms with E-state index in [4.69, 9.17) is 21.1 Å². The standard InChI is InChI=1S/C24H24ClN3O5S/c1-17-4-8-20(9-5-17)28(34(30,31)22-11-6-19(25)7-12-22)16-24(29)27-26-15-18-14-21(32-2)10-13-23(18)33-3/h4-15H,16H2,1-3H3,(H,27,29)/b26-15-. The van der Waals surface area contributed by atoms with Crippen molar-refractivity contribution in [3.05, 3.63) is 82.9 Å². The third kappa shape index (κ3) is 6.06. The number of carbonyl (C=O) groups excluding carboxylic acids is 1. The van der Waals surface area contributed by atoms with Crippen molar-refractivity contribution in [3.63, 3.8) is 0 Å². The number of anilines is 1. The minimum Gasteiger partial charge on any atom is -0.497 e. The Bertz CT molecular complexity index is 1280. The predicted octanol–water partition coefficient (Wildman–Crippen LogP) is 4.01. The van der Waals surface area contributed by atoms with E-state index in [2.05, 4.69) is 10.5 Å². The summed E-state index contributed by atoms with van der Waals surface area (Å²) < 4.78 is 38.2. The van der Waals surface area contributed by atoms with Crippen molar-refractivity contribution < 1.29 is 22.7 Å². The molecule has 10 heteroatoms. The van der Waals surface area contributed by atoms with Crippen molar-refractivity contribution in [1.29, 1.82) is 0 Å². The Hall–Kier alpha value is -3.56. The van der Waals surface area contributed by atoms with Crippen molar-refractivity contribution in [1.82, 2.24) is 5.43 Å². The fourth-order valence-corrected chi connectivity index (χ4v) is 4.59. The van der Waals surface area contributed by atoms with E-state index in [1.807, 2.05) is 6.92 Å². The zero-order valence-corrected chi connectivity index (χ0v) is 20.4. The summed E-state index contributed by atoms with van der Waals surface area (Å²) in [6.07, 6.45) is 1.39. The number of sulfonamides is 1. The number of halogens is 1. The molecule has 0 heterocycles. The summed E-state index contributed by atoms with van der Waals surface area (Å²) in [6, 6.07) is 17.7. The van der Waals surface area contributed by atoms with Crippen LogP contribution in [0.2, 0.25) is 5.02 Å². The molecule has 0 spiro atoms. The monoisotopic (exact) mass is 501 g/mol. The first kappa shape index (κ1) is 25.1. The summed E-state index contributed by atoms with van der Waals surface area (Å²) in [7, 11) is -1.00. The highest BCUT2D eigenvalue weighted by molar-refractivity contribution is 7.92. The van der Waals surface area contributed by atoms with E-state index in [0.29, 0.717) is 27.8 Å². The fourth-order valence-electron chi connectivity index (χ4n) is 3.04. The maximum atomic E-state index is 13.3. The summed E-state index contributed by atoms with van der Waals surface area (Å²) in [6.45, 7) is 1.40. The molecule has 1 amide bonds. The van der Waals surface area contributed by atoms with Gasteiger partial charge >= 0.3 is 0 Å². The number of hydrazone groups is 1. The van der Waals surface area contributed by atoms with Crippen LogP contribution in [0.1, 0.15) is 11.1 Å². The molecule has 8 nitrogen and oxygen atoms in total. The van der Waals surface area contributed by atoms with Crippen molar-refractivity contribution in [3.8, 4) is 11.5 Å². The summed E-state index contributed by atoms with van der Waals surface area (Å²) in [5.74, 6) is 0.495. The van der Waals surface area contributed by atoms with Gasteiger partial charge in [-0.25, -0.2) is 13.8 Å². The number of rotatable bonds is 9. The first-order valence-electron chi connectivity index (χ1n) is 10.1. The normalized spacial score (nSPS) is 11.3. The van der Waals surface area contributed by atoms with Crippen LogP contribution in [-0.4, -0.2) is 41.3 Å². The van der Waals surface area contributed by atoms with Gasteiger partial charge in [-0.3, -0.25) is 9.10 Å². The molecule has 0 aliphatic rings. The molecule has 0 saturated heterocycles. The molecule has 0 unspecified atom stereocenters. The van der Waals surface area contributed by atoms with Gasteiger partial charge in [0.1, 0.15) is 18.0 Å². The van der Waals surface area contributed by atoms with Gasteiger partial charge in [-0.15, -0.1) is 0 Å². The Labute approximate surface area is 203 Å². The lowest BCUT2D eigenvalue weighted by Gasteiger charge is -2.23. The second-order valence-corrected chi connectivity index (χ2v) is 9.50. The van der Waals surface area contributed by atoms with Crippen molar-refractivity contribution in [2.45, 2.75) is 11.8 Å². The number of aryl methyl sites for hydroxylation is 1. The van der Waals surface area contributed by atoms with Crippen LogP contribution >= 0.6 is 11.6 Å². The molecule has 0 aliphatic heterocycles. The molecule has 0 atom stereocenters. The average Bonchev–Trinajstić information content (AvgIpc) is 2.83. The molecule has 0 aliphatic carbocycles. The Morgan fingerprint density at radius 2 is 1.71 bits per heavy atom. The molecular weight excluding hydrogens is 478 g/mol. The summed E-state index contributed by atoms with van der Waals surface area (Å²) >= 11 is 5.90. The number of nitrogens with zero attached hydrogens (tertiary/aromatic N) is 2. The van der Waals surface area contributed by atoms with Gasteiger partial charge in [0.25, 0.3) is 15.9 Å². The maximum Gasteiger partial charge on any atom is 0.264 e. The third-order valence-electron chi connectivity index (χ3n) is 4.84. The number of benzene rings is 3. The first-order valence-corrected chi connectivity index (χ1v) is 12.0. The van der Waals surface area contributed by atoms with Crippen LogP contribution in [-0.2, 0) is 14.8 Å². The van der Waals surface area contributed by atoms with Crippen LogP contribution in [0.5, 0.6) is 11.5 Å². The number of ether oxygens (including phenoxy) is 2. The lowest BCUT2D eigenvalue weighted by atomic mass is 10.2. The molecule has 0 fully saturated rings. The van der Waals surface area contributed by atoms with Crippen LogP contribution < -0.4 is 19.2 Å². The molecular formula is C24H24ClN3O5S. The van der Waals surface area contributed by atoms with Gasteiger partial charge in [0.05, 0.1) is 31.0 Å².